The Morgan fingerprint density at radius 2 is 1.82 bits per heavy atom. The summed E-state index contributed by atoms with van der Waals surface area (Å²) in [6, 6.07) is 5.45. The average Bonchev–Trinajstić information content (AvgIpc) is 2.69. The highest BCUT2D eigenvalue weighted by atomic mass is 32.2. The van der Waals surface area contributed by atoms with E-state index in [1.54, 1.807) is 4.68 Å². The summed E-state index contributed by atoms with van der Waals surface area (Å²) >= 11 is 0. The number of hydrogen-bond acceptors (Lipinski definition) is 3. The van der Waals surface area contributed by atoms with Gasteiger partial charge in [0, 0.05) is 12.2 Å². The molecule has 0 unspecified atom stereocenters. The topological polar surface area (TPSA) is 64.0 Å². The SMILES string of the molecule is Cc1nn(CCNS(=O)(=O)Cc2ccc(F)cc2)c(C)c1C. The van der Waals surface area contributed by atoms with Crippen molar-refractivity contribution in [3.05, 3.63) is 52.6 Å². The van der Waals surface area contributed by atoms with Gasteiger partial charge in [-0.05, 0) is 44.0 Å². The minimum Gasteiger partial charge on any atom is -0.268 e. The van der Waals surface area contributed by atoms with E-state index in [-0.39, 0.29) is 18.1 Å². The van der Waals surface area contributed by atoms with Crippen LogP contribution in [0, 0.1) is 26.6 Å². The van der Waals surface area contributed by atoms with Crippen molar-refractivity contribution in [1.29, 1.82) is 0 Å². The number of nitrogens with zero attached hydrogens (tertiary/aromatic N) is 2. The van der Waals surface area contributed by atoms with E-state index in [9.17, 15) is 12.8 Å². The second kappa shape index (κ2) is 6.58. The Kier molecular flexibility index (Phi) is 4.97. The smallest absolute Gasteiger partial charge is 0.215 e. The van der Waals surface area contributed by atoms with Crippen LogP contribution in [0.5, 0.6) is 0 Å². The molecule has 5 nitrogen and oxygen atoms in total. The van der Waals surface area contributed by atoms with E-state index in [1.807, 2.05) is 20.8 Å². The molecular weight excluding hydrogens is 305 g/mol. The van der Waals surface area contributed by atoms with Gasteiger partial charge in [0.2, 0.25) is 10.0 Å². The molecule has 0 saturated heterocycles. The summed E-state index contributed by atoms with van der Waals surface area (Å²) in [5.74, 6) is -0.544. The first-order valence-corrected chi connectivity index (χ1v) is 8.66. The maximum absolute atomic E-state index is 12.8. The first kappa shape index (κ1) is 16.6. The van der Waals surface area contributed by atoms with Crippen LogP contribution in [0.2, 0.25) is 0 Å². The molecule has 1 aromatic carbocycles. The third-order valence-corrected chi connectivity index (χ3v) is 5.02. The van der Waals surface area contributed by atoms with Crippen molar-refractivity contribution in [1.82, 2.24) is 14.5 Å². The number of benzene rings is 1. The van der Waals surface area contributed by atoms with Crippen LogP contribution >= 0.6 is 0 Å². The fraction of sp³-hybridized carbons (Fsp3) is 0.400. The van der Waals surface area contributed by atoms with E-state index in [4.69, 9.17) is 0 Å². The predicted molar refractivity (Wildman–Crippen MR) is 83.5 cm³/mol. The average molecular weight is 325 g/mol. The van der Waals surface area contributed by atoms with Crippen LogP contribution in [-0.4, -0.2) is 24.7 Å². The molecule has 0 radical (unpaired) electrons. The predicted octanol–water partition coefficient (Wildman–Crippen LogP) is 2.07. The van der Waals surface area contributed by atoms with Crippen molar-refractivity contribution in [3.8, 4) is 0 Å². The van der Waals surface area contributed by atoms with Gasteiger partial charge in [0.25, 0.3) is 0 Å². The standard InChI is InChI=1S/C15H20FN3O2S/c1-11-12(2)18-19(13(11)3)9-8-17-22(20,21)10-14-4-6-15(16)7-5-14/h4-7,17H,8-10H2,1-3H3. The summed E-state index contributed by atoms with van der Waals surface area (Å²) in [4.78, 5) is 0. The summed E-state index contributed by atoms with van der Waals surface area (Å²) in [6.07, 6.45) is 0. The lowest BCUT2D eigenvalue weighted by molar-refractivity contribution is 0.553. The molecular formula is C15H20FN3O2S. The van der Waals surface area contributed by atoms with Gasteiger partial charge in [0.05, 0.1) is 18.0 Å². The minimum atomic E-state index is -3.45. The van der Waals surface area contributed by atoms with Crippen molar-refractivity contribution in [2.24, 2.45) is 0 Å². The Labute approximate surface area is 130 Å². The summed E-state index contributed by atoms with van der Waals surface area (Å²) in [6.45, 7) is 6.63. The molecule has 0 aliphatic rings. The molecule has 0 bridgehead atoms. The molecule has 0 spiro atoms. The van der Waals surface area contributed by atoms with Gasteiger partial charge in [-0.3, -0.25) is 4.68 Å². The van der Waals surface area contributed by atoms with Gasteiger partial charge in [-0.2, -0.15) is 5.10 Å². The number of aromatic nitrogens is 2. The second-order valence-electron chi connectivity index (χ2n) is 5.30. The van der Waals surface area contributed by atoms with Gasteiger partial charge in [-0.1, -0.05) is 12.1 Å². The largest absolute Gasteiger partial charge is 0.268 e. The molecule has 2 rings (SSSR count). The Bertz CT molecular complexity index is 752. The molecule has 0 atom stereocenters. The molecule has 1 heterocycles. The number of rotatable bonds is 6. The highest BCUT2D eigenvalue weighted by molar-refractivity contribution is 7.88. The van der Waals surface area contributed by atoms with E-state index in [0.29, 0.717) is 12.1 Å². The molecule has 0 aliphatic heterocycles. The van der Waals surface area contributed by atoms with Crippen LogP contribution < -0.4 is 4.72 Å². The first-order valence-electron chi connectivity index (χ1n) is 7.01. The highest BCUT2D eigenvalue weighted by Gasteiger charge is 2.12. The number of nitrogens with one attached hydrogen (secondary N) is 1. The maximum Gasteiger partial charge on any atom is 0.215 e. The van der Waals surface area contributed by atoms with Crippen molar-refractivity contribution in [2.75, 3.05) is 6.54 Å². The third-order valence-electron chi connectivity index (χ3n) is 3.66. The molecule has 0 amide bonds. The normalized spacial score (nSPS) is 11.8. The fourth-order valence-electron chi connectivity index (χ4n) is 2.16. The van der Waals surface area contributed by atoms with Crippen LogP contribution in [0.3, 0.4) is 0 Å². The zero-order valence-corrected chi connectivity index (χ0v) is 13.7. The summed E-state index contributed by atoms with van der Waals surface area (Å²) < 4.78 is 41.1. The lowest BCUT2D eigenvalue weighted by Crippen LogP contribution is -2.29. The molecule has 1 N–H and O–H groups in total. The van der Waals surface area contributed by atoms with Gasteiger partial charge in [0.15, 0.2) is 0 Å². The number of aryl methyl sites for hydroxylation is 1. The van der Waals surface area contributed by atoms with Crippen molar-refractivity contribution < 1.29 is 12.8 Å². The molecule has 0 saturated carbocycles. The first-order chi connectivity index (χ1) is 10.3. The molecule has 2 aromatic rings. The Morgan fingerprint density at radius 3 is 2.36 bits per heavy atom. The van der Waals surface area contributed by atoms with Gasteiger partial charge in [0.1, 0.15) is 5.82 Å². The molecule has 7 heteroatoms. The number of hydrogen-bond donors (Lipinski definition) is 1. The second-order valence-corrected chi connectivity index (χ2v) is 7.11. The summed E-state index contributed by atoms with van der Waals surface area (Å²) in [5, 5.41) is 4.36. The Balaban J connectivity index is 1.92. The van der Waals surface area contributed by atoms with Crippen LogP contribution in [0.15, 0.2) is 24.3 Å². The van der Waals surface area contributed by atoms with Gasteiger partial charge >= 0.3 is 0 Å². The zero-order chi connectivity index (χ0) is 16.3. The van der Waals surface area contributed by atoms with Crippen LogP contribution in [0.1, 0.15) is 22.5 Å². The number of sulfonamides is 1. The van der Waals surface area contributed by atoms with E-state index >= 15 is 0 Å². The maximum atomic E-state index is 12.8. The van der Waals surface area contributed by atoms with Crippen molar-refractivity contribution in [3.63, 3.8) is 0 Å². The Hall–Kier alpha value is -1.73. The summed E-state index contributed by atoms with van der Waals surface area (Å²) in [7, 11) is -3.45. The quantitative estimate of drug-likeness (QED) is 0.884. The van der Waals surface area contributed by atoms with Crippen molar-refractivity contribution in [2.45, 2.75) is 33.1 Å². The number of halogens is 1. The van der Waals surface area contributed by atoms with Gasteiger partial charge in [-0.15, -0.1) is 0 Å². The molecule has 120 valence electrons. The molecule has 1 aromatic heterocycles. The molecule has 0 fully saturated rings. The van der Waals surface area contributed by atoms with Crippen LogP contribution in [0.4, 0.5) is 4.39 Å². The minimum absolute atomic E-state index is 0.163. The van der Waals surface area contributed by atoms with E-state index in [1.165, 1.54) is 24.3 Å². The lowest BCUT2D eigenvalue weighted by atomic mass is 10.2. The lowest BCUT2D eigenvalue weighted by Gasteiger charge is -2.08. The van der Waals surface area contributed by atoms with Gasteiger partial charge in [-0.25, -0.2) is 17.5 Å². The van der Waals surface area contributed by atoms with Crippen molar-refractivity contribution >= 4 is 10.0 Å². The van der Waals surface area contributed by atoms with Crippen LogP contribution in [0.25, 0.3) is 0 Å². The highest BCUT2D eigenvalue weighted by Crippen LogP contribution is 2.10. The molecule has 0 aliphatic carbocycles. The van der Waals surface area contributed by atoms with E-state index < -0.39 is 10.0 Å². The molecule has 22 heavy (non-hydrogen) atoms. The summed E-state index contributed by atoms with van der Waals surface area (Å²) in [5.41, 5.74) is 3.66. The fourth-order valence-corrected chi connectivity index (χ4v) is 3.30. The van der Waals surface area contributed by atoms with Gasteiger partial charge < -0.3 is 0 Å². The zero-order valence-electron chi connectivity index (χ0n) is 12.9. The van der Waals surface area contributed by atoms with Crippen LogP contribution in [-0.2, 0) is 22.3 Å². The third kappa shape index (κ3) is 4.14. The Morgan fingerprint density at radius 1 is 1.18 bits per heavy atom. The van der Waals surface area contributed by atoms with E-state index in [0.717, 1.165) is 17.0 Å². The van der Waals surface area contributed by atoms with E-state index in [2.05, 4.69) is 9.82 Å². The monoisotopic (exact) mass is 325 g/mol.